The monoisotopic (exact) mass is 546 g/mol. The van der Waals surface area contributed by atoms with E-state index >= 15 is 0 Å². The first kappa shape index (κ1) is 27.0. The Labute approximate surface area is 237 Å². The lowest BCUT2D eigenvalue weighted by Crippen LogP contribution is -2.43. The average Bonchev–Trinajstić information content (AvgIpc) is 3.64. The van der Waals surface area contributed by atoms with Gasteiger partial charge in [-0.1, -0.05) is 24.3 Å². The van der Waals surface area contributed by atoms with Gasteiger partial charge in [-0.25, -0.2) is 4.79 Å². The first-order chi connectivity index (χ1) is 19.5. The Morgan fingerprint density at radius 1 is 0.900 bits per heavy atom. The number of anilines is 1. The molecular weight excluding hydrogens is 504 g/mol. The van der Waals surface area contributed by atoms with Gasteiger partial charge in [0, 0.05) is 71.4 Å². The standard InChI is InChI=1S/C31H42N6O3/c38-29(22-33-14-9-24-5-1-2-6-26(24)20-33)23-37-18-17-36(31(37)40)21-27-7-8-28(19-32-27)34-15-10-25(11-16-34)30(39)35-12-3-4-13-35/h1-2,5-8,19,25,29,38H,3-4,9-18,20-23H2. The summed E-state index contributed by atoms with van der Waals surface area (Å²) in [4.78, 5) is 40.7. The minimum absolute atomic E-state index is 0.0290. The minimum Gasteiger partial charge on any atom is -0.390 e. The number of piperidine rings is 1. The Morgan fingerprint density at radius 3 is 2.40 bits per heavy atom. The van der Waals surface area contributed by atoms with E-state index in [1.54, 1.807) is 4.90 Å². The highest BCUT2D eigenvalue weighted by Crippen LogP contribution is 2.26. The Kier molecular flexibility index (Phi) is 8.20. The Morgan fingerprint density at radius 2 is 1.65 bits per heavy atom. The fourth-order valence-corrected chi connectivity index (χ4v) is 6.74. The van der Waals surface area contributed by atoms with Crippen LogP contribution in [0.2, 0.25) is 0 Å². The largest absolute Gasteiger partial charge is 0.390 e. The number of hydrogen-bond donors (Lipinski definition) is 1. The molecule has 3 amide bonds. The van der Waals surface area contributed by atoms with Crippen LogP contribution >= 0.6 is 0 Å². The molecule has 4 aliphatic rings. The van der Waals surface area contributed by atoms with Crippen molar-refractivity contribution < 1.29 is 14.7 Å². The van der Waals surface area contributed by atoms with Gasteiger partial charge in [-0.3, -0.25) is 14.7 Å². The number of urea groups is 1. The number of β-amino-alcohol motifs (C(OH)–C–C–N with tert-alkyl or cyclic N) is 1. The van der Waals surface area contributed by atoms with Crippen molar-refractivity contribution in [2.45, 2.75) is 51.3 Å². The predicted molar refractivity (Wildman–Crippen MR) is 154 cm³/mol. The number of carbonyl (C=O) groups excluding carboxylic acids is 2. The zero-order valence-electron chi connectivity index (χ0n) is 23.5. The maximum Gasteiger partial charge on any atom is 0.320 e. The number of nitrogens with zero attached hydrogens (tertiary/aromatic N) is 6. The van der Waals surface area contributed by atoms with Crippen molar-refractivity contribution in [2.24, 2.45) is 5.92 Å². The molecule has 214 valence electrons. The van der Waals surface area contributed by atoms with Gasteiger partial charge >= 0.3 is 6.03 Å². The molecule has 1 aromatic heterocycles. The number of pyridine rings is 1. The molecule has 0 saturated carbocycles. The first-order valence-electron chi connectivity index (χ1n) is 15.0. The molecule has 6 rings (SSSR count). The van der Waals surface area contributed by atoms with Crippen LogP contribution in [-0.2, 0) is 24.3 Å². The molecule has 4 aliphatic heterocycles. The van der Waals surface area contributed by atoms with Gasteiger partial charge in [0.1, 0.15) is 0 Å². The number of amides is 3. The SMILES string of the molecule is O=C(C1CCN(c2ccc(CN3CCN(CC(O)CN4CCc5ccccc5C4)C3=O)nc2)CC1)N1CCCC1. The maximum absolute atomic E-state index is 13.1. The second kappa shape index (κ2) is 12.1. The summed E-state index contributed by atoms with van der Waals surface area (Å²) < 4.78 is 0. The van der Waals surface area contributed by atoms with Crippen LogP contribution in [0.3, 0.4) is 0 Å². The number of likely N-dealkylation sites (tertiary alicyclic amines) is 1. The third-order valence-electron chi connectivity index (χ3n) is 9.08. The molecule has 0 bridgehead atoms. The Bertz CT molecular complexity index is 1180. The van der Waals surface area contributed by atoms with Gasteiger partial charge in [-0.2, -0.15) is 0 Å². The van der Waals surface area contributed by atoms with Gasteiger partial charge in [0.25, 0.3) is 0 Å². The third-order valence-corrected chi connectivity index (χ3v) is 9.08. The number of rotatable bonds is 8. The van der Waals surface area contributed by atoms with E-state index in [1.807, 2.05) is 22.1 Å². The van der Waals surface area contributed by atoms with Crippen molar-refractivity contribution in [1.82, 2.24) is 24.6 Å². The zero-order chi connectivity index (χ0) is 27.5. The van der Waals surface area contributed by atoms with E-state index in [-0.39, 0.29) is 11.9 Å². The molecule has 3 fully saturated rings. The Hall–Kier alpha value is -3.17. The van der Waals surface area contributed by atoms with Gasteiger partial charge < -0.3 is 24.7 Å². The summed E-state index contributed by atoms with van der Waals surface area (Å²) in [5, 5.41) is 10.8. The molecule has 9 heteroatoms. The quantitative estimate of drug-likeness (QED) is 0.548. The number of carbonyl (C=O) groups is 2. The van der Waals surface area contributed by atoms with E-state index in [4.69, 9.17) is 0 Å². The number of aromatic nitrogens is 1. The van der Waals surface area contributed by atoms with Crippen molar-refractivity contribution in [3.05, 3.63) is 59.4 Å². The van der Waals surface area contributed by atoms with Crippen LogP contribution in [0, 0.1) is 5.92 Å². The van der Waals surface area contributed by atoms with Gasteiger partial charge in [-0.05, 0) is 55.4 Å². The summed E-state index contributed by atoms with van der Waals surface area (Å²) in [6.07, 6.45) is 6.40. The van der Waals surface area contributed by atoms with Gasteiger partial charge in [0.15, 0.2) is 0 Å². The second-order valence-corrected chi connectivity index (χ2v) is 11.9. The number of aliphatic hydroxyl groups is 1. The molecule has 0 aliphatic carbocycles. The van der Waals surface area contributed by atoms with Crippen molar-refractivity contribution in [3.8, 4) is 0 Å². The van der Waals surface area contributed by atoms with Gasteiger partial charge in [0.2, 0.25) is 5.91 Å². The van der Waals surface area contributed by atoms with Crippen molar-refractivity contribution in [1.29, 1.82) is 0 Å². The molecule has 3 saturated heterocycles. The van der Waals surface area contributed by atoms with E-state index in [2.05, 4.69) is 45.1 Å². The number of aliphatic hydroxyl groups excluding tert-OH is 1. The molecular formula is C31H42N6O3. The Balaban J connectivity index is 0.947. The smallest absolute Gasteiger partial charge is 0.320 e. The summed E-state index contributed by atoms with van der Waals surface area (Å²) in [5.41, 5.74) is 4.67. The lowest BCUT2D eigenvalue weighted by Gasteiger charge is -2.34. The number of fused-ring (bicyclic) bond motifs is 1. The van der Waals surface area contributed by atoms with Crippen LogP contribution in [0.5, 0.6) is 0 Å². The van der Waals surface area contributed by atoms with Crippen molar-refractivity contribution >= 4 is 17.6 Å². The lowest BCUT2D eigenvalue weighted by molar-refractivity contribution is -0.135. The highest BCUT2D eigenvalue weighted by Gasteiger charge is 2.32. The molecule has 2 aromatic rings. The minimum atomic E-state index is -0.568. The summed E-state index contributed by atoms with van der Waals surface area (Å²) in [6, 6.07) is 12.6. The number of hydrogen-bond acceptors (Lipinski definition) is 6. The molecule has 0 radical (unpaired) electrons. The summed E-state index contributed by atoms with van der Waals surface area (Å²) in [6.45, 7) is 8.06. The summed E-state index contributed by atoms with van der Waals surface area (Å²) >= 11 is 0. The van der Waals surface area contributed by atoms with Crippen molar-refractivity contribution in [3.63, 3.8) is 0 Å². The van der Waals surface area contributed by atoms with Crippen molar-refractivity contribution in [2.75, 3.05) is 63.8 Å². The second-order valence-electron chi connectivity index (χ2n) is 11.9. The van der Waals surface area contributed by atoms with E-state index in [0.717, 1.165) is 82.8 Å². The van der Waals surface area contributed by atoms with Crippen LogP contribution in [-0.4, -0.2) is 107 Å². The van der Waals surface area contributed by atoms with Crippen LogP contribution < -0.4 is 4.90 Å². The van der Waals surface area contributed by atoms with Gasteiger partial charge in [-0.15, -0.1) is 0 Å². The van der Waals surface area contributed by atoms with Gasteiger partial charge in [0.05, 0.1) is 30.2 Å². The highest BCUT2D eigenvalue weighted by atomic mass is 16.3. The maximum atomic E-state index is 13.1. The fourth-order valence-electron chi connectivity index (χ4n) is 6.74. The van der Waals surface area contributed by atoms with E-state index in [1.165, 1.54) is 11.1 Å². The topological polar surface area (TPSA) is 83.5 Å². The van der Waals surface area contributed by atoms with Crippen LogP contribution in [0.4, 0.5) is 10.5 Å². The molecule has 5 heterocycles. The normalized spacial score (nSPS) is 21.3. The summed E-state index contributed by atoms with van der Waals surface area (Å²) in [7, 11) is 0. The molecule has 40 heavy (non-hydrogen) atoms. The molecule has 1 N–H and O–H groups in total. The first-order valence-corrected chi connectivity index (χ1v) is 15.0. The average molecular weight is 547 g/mol. The van der Waals surface area contributed by atoms with E-state index in [9.17, 15) is 14.7 Å². The van der Waals surface area contributed by atoms with E-state index < -0.39 is 6.10 Å². The molecule has 1 aromatic carbocycles. The predicted octanol–water partition coefficient (Wildman–Crippen LogP) is 2.58. The third kappa shape index (κ3) is 6.10. The van der Waals surface area contributed by atoms with Crippen LogP contribution in [0.15, 0.2) is 42.6 Å². The van der Waals surface area contributed by atoms with Crippen LogP contribution in [0.1, 0.15) is 42.5 Å². The number of benzene rings is 1. The molecule has 9 nitrogen and oxygen atoms in total. The molecule has 0 spiro atoms. The van der Waals surface area contributed by atoms with E-state index in [0.29, 0.717) is 38.6 Å². The zero-order valence-corrected chi connectivity index (χ0v) is 23.5. The fraction of sp³-hybridized carbons (Fsp3) is 0.581. The molecule has 1 unspecified atom stereocenters. The summed E-state index contributed by atoms with van der Waals surface area (Å²) in [5.74, 6) is 0.500. The highest BCUT2D eigenvalue weighted by molar-refractivity contribution is 5.79. The lowest BCUT2D eigenvalue weighted by atomic mass is 9.95. The molecule has 1 atom stereocenters. The van der Waals surface area contributed by atoms with Crippen LogP contribution in [0.25, 0.3) is 0 Å².